The molecule has 106 valence electrons. The van der Waals surface area contributed by atoms with Crippen LogP contribution in [0.1, 0.15) is 24.3 Å². The summed E-state index contributed by atoms with van der Waals surface area (Å²) in [5.74, 6) is 0.126. The molecule has 20 heavy (non-hydrogen) atoms. The van der Waals surface area contributed by atoms with Gasteiger partial charge in [-0.2, -0.15) is 0 Å². The second-order valence-electron chi connectivity index (χ2n) is 4.08. The molecule has 0 saturated heterocycles. The molecule has 1 aromatic heterocycles. The van der Waals surface area contributed by atoms with Crippen LogP contribution in [0.25, 0.3) is 10.9 Å². The van der Waals surface area contributed by atoms with E-state index >= 15 is 0 Å². The molecule has 1 heterocycles. The number of carbonyl (C=O) groups is 2. The van der Waals surface area contributed by atoms with Crippen molar-refractivity contribution in [3.63, 3.8) is 0 Å². The molecule has 0 aliphatic rings. The van der Waals surface area contributed by atoms with Gasteiger partial charge in [0.15, 0.2) is 17.3 Å². The van der Waals surface area contributed by atoms with E-state index in [0.717, 1.165) is 4.85 Å². The minimum absolute atomic E-state index is 0.196. The summed E-state index contributed by atoms with van der Waals surface area (Å²) in [6.07, 6.45) is 0. The van der Waals surface area contributed by atoms with Gasteiger partial charge in [-0.1, -0.05) is 4.85 Å². The summed E-state index contributed by atoms with van der Waals surface area (Å²) in [6, 6.07) is 3.22. The third-order valence-corrected chi connectivity index (χ3v) is 2.70. The second-order valence-corrected chi connectivity index (χ2v) is 4.08. The van der Waals surface area contributed by atoms with Gasteiger partial charge in [0, 0.05) is 25.3 Å². The van der Waals surface area contributed by atoms with E-state index < -0.39 is 5.97 Å². The fraction of sp³-hybridized carbons (Fsp3) is 0.308. The highest BCUT2D eigenvalue weighted by molar-refractivity contribution is 6.05. The molecule has 0 aliphatic carbocycles. The number of rotatable bonds is 4. The molecule has 1 aromatic carbocycles. The van der Waals surface area contributed by atoms with Crippen LogP contribution in [0.2, 0.25) is 0 Å². The molecular formula is C13H14N2O5. The van der Waals surface area contributed by atoms with Crippen LogP contribution in [0.3, 0.4) is 0 Å². The maximum Gasteiger partial charge on any atom is 0.331 e. The van der Waals surface area contributed by atoms with Crippen LogP contribution < -0.4 is 14.3 Å². The lowest BCUT2D eigenvalue weighted by Crippen LogP contribution is -2.18. The zero-order chi connectivity index (χ0) is 14.9. The van der Waals surface area contributed by atoms with Gasteiger partial charge in [0.1, 0.15) is 11.2 Å². The lowest BCUT2D eigenvalue weighted by atomic mass is 10.1. The minimum Gasteiger partial charge on any atom is -0.493 e. The first-order valence-corrected chi connectivity index (χ1v) is 5.82. The Morgan fingerprint density at radius 3 is 2.20 bits per heavy atom. The van der Waals surface area contributed by atoms with E-state index in [9.17, 15) is 9.59 Å². The van der Waals surface area contributed by atoms with Crippen molar-refractivity contribution in [1.82, 2.24) is 9.94 Å². The average molecular weight is 278 g/mol. The Morgan fingerprint density at radius 1 is 1.10 bits per heavy atom. The Bertz CT molecular complexity index is 690. The molecule has 0 fully saturated rings. The van der Waals surface area contributed by atoms with Crippen LogP contribution >= 0.6 is 0 Å². The van der Waals surface area contributed by atoms with Gasteiger partial charge >= 0.3 is 5.97 Å². The number of ketones is 1. The van der Waals surface area contributed by atoms with Crippen molar-refractivity contribution in [2.75, 3.05) is 14.2 Å². The normalized spacial score (nSPS) is 10.4. The minimum atomic E-state index is -0.542. The van der Waals surface area contributed by atoms with E-state index in [4.69, 9.17) is 14.3 Å². The van der Waals surface area contributed by atoms with Crippen molar-refractivity contribution in [3.05, 3.63) is 17.8 Å². The Kier molecular flexibility index (Phi) is 3.60. The SMILES string of the molecule is COc1cc2c(C(C)=O)nn(OC(C)=O)c2cc1OC. The van der Waals surface area contributed by atoms with E-state index in [1.165, 1.54) is 28.1 Å². The quantitative estimate of drug-likeness (QED) is 0.783. The maximum absolute atomic E-state index is 11.6. The van der Waals surface area contributed by atoms with Gasteiger partial charge in [-0.15, -0.1) is 5.10 Å². The summed E-state index contributed by atoms with van der Waals surface area (Å²) in [5.41, 5.74) is 0.644. The maximum atomic E-state index is 11.6. The number of methoxy groups -OCH3 is 2. The zero-order valence-electron chi connectivity index (χ0n) is 11.6. The lowest BCUT2D eigenvalue weighted by Gasteiger charge is -2.08. The van der Waals surface area contributed by atoms with Crippen LogP contribution in [-0.2, 0) is 4.79 Å². The van der Waals surface area contributed by atoms with Gasteiger partial charge < -0.3 is 14.3 Å². The highest BCUT2D eigenvalue weighted by atomic mass is 16.7. The van der Waals surface area contributed by atoms with Crippen molar-refractivity contribution < 1.29 is 23.9 Å². The first kappa shape index (κ1) is 13.9. The highest BCUT2D eigenvalue weighted by Gasteiger charge is 2.19. The molecule has 0 bridgehead atoms. The summed E-state index contributed by atoms with van der Waals surface area (Å²) in [5, 5.41) is 4.52. The Morgan fingerprint density at radius 2 is 1.70 bits per heavy atom. The number of ether oxygens (including phenoxy) is 2. The van der Waals surface area contributed by atoms with Gasteiger partial charge in [-0.05, 0) is 6.07 Å². The van der Waals surface area contributed by atoms with E-state index in [0.29, 0.717) is 22.4 Å². The molecule has 2 aromatic rings. The number of Topliss-reactive ketones (excluding diaryl/α,β-unsaturated/α-hetero) is 1. The second kappa shape index (κ2) is 5.20. The van der Waals surface area contributed by atoms with Crippen LogP contribution in [0.4, 0.5) is 0 Å². The summed E-state index contributed by atoms with van der Waals surface area (Å²) < 4.78 is 10.4. The van der Waals surface area contributed by atoms with E-state index in [-0.39, 0.29) is 11.5 Å². The molecule has 0 saturated carbocycles. The number of benzene rings is 1. The molecular weight excluding hydrogens is 264 g/mol. The molecule has 0 aliphatic heterocycles. The number of aromatic nitrogens is 2. The standard InChI is InChI=1S/C13H14N2O5/c1-7(16)13-9-5-11(18-3)12(19-4)6-10(9)15(14-13)20-8(2)17/h5-6H,1-4H3. The van der Waals surface area contributed by atoms with Crippen LogP contribution in [0, 0.1) is 0 Å². The molecule has 0 radical (unpaired) electrons. The largest absolute Gasteiger partial charge is 0.493 e. The van der Waals surface area contributed by atoms with Gasteiger partial charge in [-0.25, -0.2) is 4.79 Å². The molecule has 2 rings (SSSR count). The Hall–Kier alpha value is -2.57. The first-order chi connectivity index (χ1) is 9.47. The Labute approximate surface area is 115 Å². The van der Waals surface area contributed by atoms with Crippen LogP contribution in [0.15, 0.2) is 12.1 Å². The van der Waals surface area contributed by atoms with Crippen molar-refractivity contribution in [2.24, 2.45) is 0 Å². The van der Waals surface area contributed by atoms with Crippen molar-refractivity contribution >= 4 is 22.7 Å². The van der Waals surface area contributed by atoms with Crippen molar-refractivity contribution in [2.45, 2.75) is 13.8 Å². The van der Waals surface area contributed by atoms with Gasteiger partial charge in [0.05, 0.1) is 14.2 Å². The average Bonchev–Trinajstić information content (AvgIpc) is 2.74. The molecule has 0 atom stereocenters. The van der Waals surface area contributed by atoms with E-state index in [2.05, 4.69) is 5.10 Å². The Balaban J connectivity index is 2.75. The molecule has 7 nitrogen and oxygen atoms in total. The number of nitrogens with zero attached hydrogens (tertiary/aromatic N) is 2. The fourth-order valence-corrected chi connectivity index (χ4v) is 1.87. The lowest BCUT2D eigenvalue weighted by molar-refractivity contribution is -0.142. The summed E-state index contributed by atoms with van der Waals surface area (Å²) in [4.78, 5) is 28.7. The number of fused-ring (bicyclic) bond motifs is 1. The monoisotopic (exact) mass is 278 g/mol. The van der Waals surface area contributed by atoms with E-state index in [1.54, 1.807) is 12.1 Å². The van der Waals surface area contributed by atoms with Crippen molar-refractivity contribution in [3.8, 4) is 11.5 Å². The molecule has 7 heteroatoms. The topological polar surface area (TPSA) is 79.6 Å². The molecule has 0 spiro atoms. The molecule has 0 N–H and O–H groups in total. The van der Waals surface area contributed by atoms with Crippen LogP contribution in [-0.4, -0.2) is 35.9 Å². The van der Waals surface area contributed by atoms with Crippen LogP contribution in [0.5, 0.6) is 11.5 Å². The molecule has 0 unspecified atom stereocenters. The summed E-state index contributed by atoms with van der Waals surface area (Å²) in [6.45, 7) is 2.64. The first-order valence-electron chi connectivity index (χ1n) is 5.82. The number of hydrogen-bond acceptors (Lipinski definition) is 6. The van der Waals surface area contributed by atoms with Gasteiger partial charge in [0.2, 0.25) is 0 Å². The highest BCUT2D eigenvalue weighted by Crippen LogP contribution is 2.33. The zero-order valence-corrected chi connectivity index (χ0v) is 11.6. The van der Waals surface area contributed by atoms with E-state index in [1.807, 2.05) is 0 Å². The third kappa shape index (κ3) is 2.29. The van der Waals surface area contributed by atoms with Gasteiger partial charge in [0.25, 0.3) is 0 Å². The summed E-state index contributed by atoms with van der Waals surface area (Å²) >= 11 is 0. The predicted octanol–water partition coefficient (Wildman–Crippen LogP) is 1.23. The fourth-order valence-electron chi connectivity index (χ4n) is 1.87. The predicted molar refractivity (Wildman–Crippen MR) is 70.1 cm³/mol. The van der Waals surface area contributed by atoms with Gasteiger partial charge in [-0.3, -0.25) is 4.79 Å². The van der Waals surface area contributed by atoms with Crippen molar-refractivity contribution in [1.29, 1.82) is 0 Å². The smallest absolute Gasteiger partial charge is 0.331 e. The number of carbonyl (C=O) groups excluding carboxylic acids is 2. The summed E-state index contributed by atoms with van der Waals surface area (Å²) in [7, 11) is 2.98. The molecule has 0 amide bonds. The number of hydrogen-bond donors (Lipinski definition) is 0. The third-order valence-electron chi connectivity index (χ3n) is 2.70.